The molecular formula is C26H35F2N5O3. The number of piperazine rings is 1. The van der Waals surface area contributed by atoms with Crippen LogP contribution in [-0.2, 0) is 9.59 Å². The van der Waals surface area contributed by atoms with E-state index in [2.05, 4.69) is 10.3 Å². The first kappa shape index (κ1) is 26.2. The van der Waals surface area contributed by atoms with Gasteiger partial charge >= 0.3 is 0 Å². The number of hydrogen-bond donors (Lipinski definition) is 2. The lowest BCUT2D eigenvalue weighted by atomic mass is 10.0. The number of halogens is 2. The van der Waals surface area contributed by atoms with Gasteiger partial charge in [-0.15, -0.1) is 0 Å². The molecular weight excluding hydrogens is 468 g/mol. The first-order chi connectivity index (χ1) is 17.3. The Kier molecular flexibility index (Phi) is 8.68. The number of amidine groups is 1. The Balaban J connectivity index is 1.43. The van der Waals surface area contributed by atoms with E-state index in [4.69, 9.17) is 0 Å². The largest absolute Gasteiger partial charge is 0.370 e. The van der Waals surface area contributed by atoms with E-state index < -0.39 is 12.7 Å². The molecule has 4 rings (SSSR count). The van der Waals surface area contributed by atoms with Crippen molar-refractivity contribution in [2.75, 3.05) is 39.3 Å². The molecule has 0 aromatic carbocycles. The maximum absolute atomic E-state index is 12.9. The maximum Gasteiger partial charge on any atom is 0.251 e. The summed E-state index contributed by atoms with van der Waals surface area (Å²) in [4.78, 5) is 35.1. The van der Waals surface area contributed by atoms with E-state index in [0.29, 0.717) is 43.4 Å². The molecule has 0 radical (unpaired) electrons. The van der Waals surface area contributed by atoms with Crippen LogP contribution in [0.4, 0.5) is 8.78 Å². The standard InChI is InChI=1S/C26H35F2N5O3/c1-18-29-22(20-9-3-2-4-10-21(20)30-26(36)19-7-5-6-8-19)15-24(34)33(18)17-25(35)32-13-11-31(12-14-32)16-23(27)28/h3-4,9-10,15,19,23-24,34H,2,5-8,11-14,16-17H2,1H3,(H,30,36). The predicted molar refractivity (Wildman–Crippen MR) is 133 cm³/mol. The van der Waals surface area contributed by atoms with Crippen molar-refractivity contribution in [3.8, 4) is 0 Å². The Hall–Kier alpha value is -2.85. The summed E-state index contributed by atoms with van der Waals surface area (Å²) in [5.74, 6) is 0.339. The Bertz CT molecular complexity index is 990. The smallest absolute Gasteiger partial charge is 0.251 e. The highest BCUT2D eigenvalue weighted by molar-refractivity contribution is 5.89. The molecule has 10 heteroatoms. The third-order valence-corrected chi connectivity index (χ3v) is 7.14. The van der Waals surface area contributed by atoms with Gasteiger partial charge in [0.25, 0.3) is 6.43 Å². The predicted octanol–water partition coefficient (Wildman–Crippen LogP) is 2.41. The van der Waals surface area contributed by atoms with Crippen LogP contribution < -0.4 is 5.32 Å². The number of carbonyl (C=O) groups excluding carboxylic acids is 2. The summed E-state index contributed by atoms with van der Waals surface area (Å²) in [6, 6.07) is 0. The number of aliphatic imine (C=N–C) groups is 1. The van der Waals surface area contributed by atoms with Crippen molar-refractivity contribution in [1.82, 2.24) is 20.0 Å². The molecule has 1 unspecified atom stereocenters. The summed E-state index contributed by atoms with van der Waals surface area (Å²) in [6.07, 6.45) is 10.5. The van der Waals surface area contributed by atoms with Crippen molar-refractivity contribution in [3.63, 3.8) is 0 Å². The number of allylic oxidation sites excluding steroid dienone is 4. The fraction of sp³-hybridized carbons (Fsp3) is 0.577. The number of aliphatic hydroxyl groups excluding tert-OH is 1. The molecule has 1 atom stereocenters. The van der Waals surface area contributed by atoms with Crippen molar-refractivity contribution >= 4 is 17.6 Å². The summed E-state index contributed by atoms with van der Waals surface area (Å²) in [6.45, 7) is 2.95. The third kappa shape index (κ3) is 6.47. The molecule has 8 nitrogen and oxygen atoms in total. The van der Waals surface area contributed by atoms with E-state index in [-0.39, 0.29) is 30.8 Å². The second-order valence-electron chi connectivity index (χ2n) is 9.66. The van der Waals surface area contributed by atoms with E-state index in [1.165, 1.54) is 4.90 Å². The molecule has 4 aliphatic rings. The number of nitrogens with zero attached hydrogens (tertiary/aromatic N) is 4. The Morgan fingerprint density at radius 1 is 1.14 bits per heavy atom. The zero-order valence-corrected chi connectivity index (χ0v) is 20.7. The Morgan fingerprint density at radius 3 is 2.50 bits per heavy atom. The highest BCUT2D eigenvalue weighted by Gasteiger charge is 2.29. The van der Waals surface area contributed by atoms with Crippen LogP contribution in [0, 0.1) is 5.92 Å². The normalized spacial score (nSPS) is 23.8. The van der Waals surface area contributed by atoms with Gasteiger partial charge in [-0.1, -0.05) is 31.1 Å². The lowest BCUT2D eigenvalue weighted by molar-refractivity contribution is -0.134. The molecule has 0 aromatic rings. The Morgan fingerprint density at radius 2 is 1.83 bits per heavy atom. The second kappa shape index (κ2) is 11.9. The number of aliphatic hydroxyl groups is 1. The van der Waals surface area contributed by atoms with Gasteiger partial charge in [-0.3, -0.25) is 14.5 Å². The van der Waals surface area contributed by atoms with Crippen molar-refractivity contribution in [3.05, 3.63) is 47.3 Å². The van der Waals surface area contributed by atoms with Crippen LogP contribution in [0.3, 0.4) is 0 Å². The van der Waals surface area contributed by atoms with Gasteiger partial charge < -0.3 is 20.2 Å². The van der Waals surface area contributed by atoms with Crippen LogP contribution in [-0.4, -0.2) is 89.4 Å². The van der Waals surface area contributed by atoms with E-state index in [1.54, 1.807) is 22.8 Å². The second-order valence-corrected chi connectivity index (χ2v) is 9.66. The highest BCUT2D eigenvalue weighted by atomic mass is 19.3. The molecule has 0 bridgehead atoms. The molecule has 2 heterocycles. The number of hydrogen-bond acceptors (Lipinski definition) is 6. The summed E-state index contributed by atoms with van der Waals surface area (Å²) >= 11 is 0. The third-order valence-electron chi connectivity index (χ3n) is 7.14. The van der Waals surface area contributed by atoms with Crippen LogP contribution in [0.5, 0.6) is 0 Å². The average Bonchev–Trinajstić information content (AvgIpc) is 3.29. The molecule has 1 saturated heterocycles. The lowest BCUT2D eigenvalue weighted by Gasteiger charge is -2.37. The number of alkyl halides is 2. The molecule has 196 valence electrons. The number of nitrogens with one attached hydrogen (secondary N) is 1. The first-order valence-corrected chi connectivity index (χ1v) is 12.7. The fourth-order valence-electron chi connectivity index (χ4n) is 5.06. The molecule has 0 aromatic heterocycles. The van der Waals surface area contributed by atoms with Crippen LogP contribution in [0.1, 0.15) is 39.0 Å². The minimum absolute atomic E-state index is 0.0125. The van der Waals surface area contributed by atoms with Gasteiger partial charge in [0, 0.05) is 43.4 Å². The molecule has 2 aliphatic heterocycles. The van der Waals surface area contributed by atoms with E-state index in [1.807, 2.05) is 24.3 Å². The summed E-state index contributed by atoms with van der Waals surface area (Å²) in [7, 11) is 0. The van der Waals surface area contributed by atoms with E-state index in [9.17, 15) is 23.5 Å². The first-order valence-electron chi connectivity index (χ1n) is 12.7. The van der Waals surface area contributed by atoms with Crippen molar-refractivity contribution in [2.24, 2.45) is 10.9 Å². The minimum atomic E-state index is -2.39. The average molecular weight is 504 g/mol. The quantitative estimate of drug-likeness (QED) is 0.557. The highest BCUT2D eigenvalue weighted by Crippen LogP contribution is 2.28. The summed E-state index contributed by atoms with van der Waals surface area (Å²) < 4.78 is 25.2. The van der Waals surface area contributed by atoms with Crippen LogP contribution >= 0.6 is 0 Å². The van der Waals surface area contributed by atoms with Crippen LogP contribution in [0.15, 0.2) is 52.3 Å². The van der Waals surface area contributed by atoms with Crippen LogP contribution in [0.25, 0.3) is 0 Å². The van der Waals surface area contributed by atoms with Gasteiger partial charge in [-0.05, 0) is 38.3 Å². The number of amides is 2. The van der Waals surface area contributed by atoms with E-state index >= 15 is 0 Å². The van der Waals surface area contributed by atoms with Gasteiger partial charge in [0.15, 0.2) is 0 Å². The molecule has 2 aliphatic carbocycles. The van der Waals surface area contributed by atoms with Crippen LogP contribution in [0.2, 0.25) is 0 Å². The SMILES string of the molecule is CC1=NC(C2=C(NC(=O)C3CCCC3)C=CCC=C2)=CC(O)N1CC(=O)N1CCN(CC(F)F)CC1. The summed E-state index contributed by atoms with van der Waals surface area (Å²) in [5, 5.41) is 14.0. The molecule has 0 spiro atoms. The lowest BCUT2D eigenvalue weighted by Crippen LogP contribution is -2.53. The van der Waals surface area contributed by atoms with Gasteiger partial charge in [0.2, 0.25) is 11.8 Å². The molecule has 2 N–H and O–H groups in total. The van der Waals surface area contributed by atoms with Gasteiger partial charge in [0.05, 0.1) is 12.2 Å². The van der Waals surface area contributed by atoms with E-state index in [0.717, 1.165) is 37.7 Å². The molecule has 2 fully saturated rings. The summed E-state index contributed by atoms with van der Waals surface area (Å²) in [5.41, 5.74) is 1.91. The zero-order valence-electron chi connectivity index (χ0n) is 20.7. The van der Waals surface area contributed by atoms with Crippen molar-refractivity contribution < 1.29 is 23.5 Å². The van der Waals surface area contributed by atoms with Gasteiger partial charge in [-0.2, -0.15) is 0 Å². The number of rotatable bonds is 7. The fourth-order valence-corrected chi connectivity index (χ4v) is 5.06. The monoisotopic (exact) mass is 503 g/mol. The van der Waals surface area contributed by atoms with Gasteiger partial charge in [0.1, 0.15) is 18.6 Å². The minimum Gasteiger partial charge on any atom is -0.370 e. The zero-order chi connectivity index (χ0) is 25.7. The van der Waals surface area contributed by atoms with Crippen molar-refractivity contribution in [1.29, 1.82) is 0 Å². The van der Waals surface area contributed by atoms with Gasteiger partial charge in [-0.25, -0.2) is 13.8 Å². The molecule has 36 heavy (non-hydrogen) atoms. The topological polar surface area (TPSA) is 88.5 Å². The Labute approximate surface area is 210 Å². The number of carbonyl (C=O) groups is 2. The van der Waals surface area contributed by atoms with Crippen molar-refractivity contribution in [2.45, 2.75) is 51.7 Å². The molecule has 2 amide bonds. The maximum atomic E-state index is 12.9. The molecule has 1 saturated carbocycles.